The highest BCUT2D eigenvalue weighted by atomic mass is 35.5. The van der Waals surface area contributed by atoms with Crippen molar-refractivity contribution >= 4 is 38.9 Å². The summed E-state index contributed by atoms with van der Waals surface area (Å²) in [6.07, 6.45) is 0. The molecule has 0 radical (unpaired) electrons. The third kappa shape index (κ3) is 4.41. The maximum absolute atomic E-state index is 13.8. The van der Waals surface area contributed by atoms with Crippen LogP contribution in [0.4, 0.5) is 10.1 Å². The number of rotatable bonds is 6. The Bertz CT molecular complexity index is 1090. The van der Waals surface area contributed by atoms with Crippen LogP contribution in [0.25, 0.3) is 0 Å². The zero-order valence-electron chi connectivity index (χ0n) is 14.8. The summed E-state index contributed by atoms with van der Waals surface area (Å²) in [5, 5.41) is 0.753. The summed E-state index contributed by atoms with van der Waals surface area (Å²) >= 11 is 12.2. The summed E-state index contributed by atoms with van der Waals surface area (Å²) in [5.74, 6) is -0.0216. The zero-order chi connectivity index (χ0) is 20.3. The van der Waals surface area contributed by atoms with Crippen LogP contribution in [0.1, 0.15) is 5.56 Å². The molecule has 0 amide bonds. The molecule has 8 heteroatoms. The van der Waals surface area contributed by atoms with Gasteiger partial charge in [0.25, 0.3) is 10.0 Å². The second-order valence-electron chi connectivity index (χ2n) is 5.90. The zero-order valence-corrected chi connectivity index (χ0v) is 17.1. The Morgan fingerprint density at radius 2 is 1.71 bits per heavy atom. The first-order valence-electron chi connectivity index (χ1n) is 8.17. The van der Waals surface area contributed by atoms with E-state index in [0.29, 0.717) is 21.4 Å². The molecule has 0 spiro atoms. The first-order valence-corrected chi connectivity index (χ1v) is 10.4. The highest BCUT2D eigenvalue weighted by molar-refractivity contribution is 7.92. The minimum Gasteiger partial charge on any atom is -0.497 e. The Kier molecular flexibility index (Phi) is 6.13. The Hall–Kier alpha value is -2.28. The molecule has 0 aliphatic rings. The lowest BCUT2D eigenvalue weighted by Crippen LogP contribution is -2.30. The van der Waals surface area contributed by atoms with Gasteiger partial charge in [0.05, 0.1) is 24.2 Å². The number of hydrogen-bond donors (Lipinski definition) is 0. The normalized spacial score (nSPS) is 11.3. The standard InChI is InChI=1S/C20H16Cl2FNO3S/c1-27-18-7-9-19(10-8-18)28(25,26)24(17-4-2-3-16(23)12-17)13-14-5-6-15(21)11-20(14)22/h2-12H,13H2,1H3. The average Bonchev–Trinajstić information content (AvgIpc) is 2.67. The first kappa shape index (κ1) is 20.5. The molecule has 0 aliphatic heterocycles. The molecule has 0 bridgehead atoms. The van der Waals surface area contributed by atoms with Gasteiger partial charge in [0.2, 0.25) is 0 Å². The number of methoxy groups -OCH3 is 1. The molecule has 28 heavy (non-hydrogen) atoms. The summed E-state index contributed by atoms with van der Waals surface area (Å²) in [6, 6.07) is 16.1. The minimum atomic E-state index is -4.00. The van der Waals surface area contributed by atoms with E-state index in [2.05, 4.69) is 0 Å². The topological polar surface area (TPSA) is 46.6 Å². The Morgan fingerprint density at radius 3 is 2.32 bits per heavy atom. The molecule has 0 saturated carbocycles. The molecule has 3 rings (SSSR count). The third-order valence-corrected chi connectivity index (χ3v) is 6.45. The van der Waals surface area contributed by atoms with Crippen LogP contribution in [0.5, 0.6) is 5.75 Å². The number of anilines is 1. The van der Waals surface area contributed by atoms with Gasteiger partial charge >= 0.3 is 0 Å². The van der Waals surface area contributed by atoms with E-state index >= 15 is 0 Å². The van der Waals surface area contributed by atoms with Crippen LogP contribution in [0.15, 0.2) is 71.6 Å². The van der Waals surface area contributed by atoms with Gasteiger partial charge in [-0.05, 0) is 60.2 Å². The molecule has 0 N–H and O–H groups in total. The Morgan fingerprint density at radius 1 is 1.00 bits per heavy atom. The van der Waals surface area contributed by atoms with Gasteiger partial charge in [-0.2, -0.15) is 0 Å². The molecule has 0 unspecified atom stereocenters. The number of sulfonamides is 1. The fraction of sp³-hybridized carbons (Fsp3) is 0.100. The van der Waals surface area contributed by atoms with Crippen molar-refractivity contribution in [2.75, 3.05) is 11.4 Å². The van der Waals surface area contributed by atoms with Crippen molar-refractivity contribution in [2.24, 2.45) is 0 Å². The molecule has 146 valence electrons. The first-order chi connectivity index (χ1) is 13.3. The van der Waals surface area contributed by atoms with E-state index in [0.717, 1.165) is 10.4 Å². The second-order valence-corrected chi connectivity index (χ2v) is 8.61. The SMILES string of the molecule is COc1ccc(S(=O)(=O)N(Cc2ccc(Cl)cc2Cl)c2cccc(F)c2)cc1. The van der Waals surface area contributed by atoms with Crippen molar-refractivity contribution in [3.05, 3.63) is 88.2 Å². The van der Waals surface area contributed by atoms with E-state index in [1.807, 2.05) is 0 Å². The van der Waals surface area contributed by atoms with Crippen molar-refractivity contribution < 1.29 is 17.5 Å². The van der Waals surface area contributed by atoms with Crippen LogP contribution in [-0.2, 0) is 16.6 Å². The van der Waals surface area contributed by atoms with Gasteiger partial charge in [0, 0.05) is 10.0 Å². The smallest absolute Gasteiger partial charge is 0.264 e. The molecule has 0 fully saturated rings. The van der Waals surface area contributed by atoms with Gasteiger partial charge in [-0.25, -0.2) is 12.8 Å². The Balaban J connectivity index is 2.09. The van der Waals surface area contributed by atoms with E-state index in [1.54, 1.807) is 24.3 Å². The lowest BCUT2D eigenvalue weighted by Gasteiger charge is -2.25. The van der Waals surface area contributed by atoms with Crippen LogP contribution in [0.3, 0.4) is 0 Å². The summed E-state index contributed by atoms with van der Waals surface area (Å²) in [5.41, 5.74) is 0.717. The summed E-state index contributed by atoms with van der Waals surface area (Å²) < 4.78 is 46.6. The van der Waals surface area contributed by atoms with E-state index in [-0.39, 0.29) is 17.1 Å². The van der Waals surface area contributed by atoms with Gasteiger partial charge < -0.3 is 4.74 Å². The predicted molar refractivity (Wildman–Crippen MR) is 109 cm³/mol. The number of hydrogen-bond acceptors (Lipinski definition) is 3. The van der Waals surface area contributed by atoms with Crippen LogP contribution in [0, 0.1) is 5.82 Å². The fourth-order valence-electron chi connectivity index (χ4n) is 2.63. The van der Waals surface area contributed by atoms with Crippen molar-refractivity contribution in [2.45, 2.75) is 11.4 Å². The molecule has 0 aliphatic carbocycles. The van der Waals surface area contributed by atoms with E-state index in [4.69, 9.17) is 27.9 Å². The average molecular weight is 440 g/mol. The van der Waals surface area contributed by atoms with Crippen LogP contribution >= 0.6 is 23.2 Å². The quantitative estimate of drug-likeness (QED) is 0.506. The van der Waals surface area contributed by atoms with Gasteiger partial charge in [-0.15, -0.1) is 0 Å². The third-order valence-electron chi connectivity index (χ3n) is 4.07. The summed E-state index contributed by atoms with van der Waals surface area (Å²) in [6.45, 7) is -0.0895. The molecule has 0 heterocycles. The molecule has 0 aromatic heterocycles. The van der Waals surface area contributed by atoms with Crippen molar-refractivity contribution in [3.8, 4) is 5.75 Å². The van der Waals surface area contributed by atoms with Gasteiger partial charge in [-0.3, -0.25) is 4.31 Å². The number of nitrogens with zero attached hydrogens (tertiary/aromatic N) is 1. The fourth-order valence-corrected chi connectivity index (χ4v) is 4.53. The van der Waals surface area contributed by atoms with Gasteiger partial charge in [0.15, 0.2) is 0 Å². The van der Waals surface area contributed by atoms with E-state index in [1.165, 1.54) is 43.5 Å². The molecule has 3 aromatic rings. The van der Waals surface area contributed by atoms with Crippen LogP contribution in [-0.4, -0.2) is 15.5 Å². The maximum Gasteiger partial charge on any atom is 0.264 e. The molecule has 4 nitrogen and oxygen atoms in total. The molecule has 3 aromatic carbocycles. The lowest BCUT2D eigenvalue weighted by atomic mass is 10.2. The molecular weight excluding hydrogens is 424 g/mol. The maximum atomic E-state index is 13.8. The molecule has 0 saturated heterocycles. The Labute approximate surface area is 173 Å². The van der Waals surface area contributed by atoms with Gasteiger partial charge in [0.1, 0.15) is 11.6 Å². The lowest BCUT2D eigenvalue weighted by molar-refractivity contribution is 0.414. The van der Waals surface area contributed by atoms with Crippen molar-refractivity contribution in [1.29, 1.82) is 0 Å². The molecular formula is C20H16Cl2FNO3S. The summed E-state index contributed by atoms with van der Waals surface area (Å²) in [4.78, 5) is 0.0441. The number of benzene rings is 3. The van der Waals surface area contributed by atoms with Crippen molar-refractivity contribution in [1.82, 2.24) is 0 Å². The van der Waals surface area contributed by atoms with Gasteiger partial charge in [-0.1, -0.05) is 35.3 Å². The highest BCUT2D eigenvalue weighted by Crippen LogP contribution is 2.30. The largest absolute Gasteiger partial charge is 0.497 e. The monoisotopic (exact) mass is 439 g/mol. The minimum absolute atomic E-state index is 0.0441. The van der Waals surface area contributed by atoms with E-state index in [9.17, 15) is 12.8 Å². The second kappa shape index (κ2) is 8.39. The highest BCUT2D eigenvalue weighted by Gasteiger charge is 2.26. The van der Waals surface area contributed by atoms with Crippen LogP contribution in [0.2, 0.25) is 10.0 Å². The van der Waals surface area contributed by atoms with Crippen LogP contribution < -0.4 is 9.04 Å². The number of ether oxygens (including phenoxy) is 1. The predicted octanol–water partition coefficient (Wildman–Crippen LogP) is 5.54. The van der Waals surface area contributed by atoms with E-state index < -0.39 is 15.8 Å². The number of halogens is 3. The summed E-state index contributed by atoms with van der Waals surface area (Å²) in [7, 11) is -2.51. The van der Waals surface area contributed by atoms with Crippen molar-refractivity contribution in [3.63, 3.8) is 0 Å². The molecule has 0 atom stereocenters.